The number of rotatable bonds is 4. The van der Waals surface area contributed by atoms with E-state index in [1.54, 1.807) is 12.1 Å². The van der Waals surface area contributed by atoms with Crippen molar-refractivity contribution in [1.29, 1.82) is 0 Å². The molecule has 1 aromatic carbocycles. The van der Waals surface area contributed by atoms with Gasteiger partial charge < -0.3 is 5.32 Å². The van der Waals surface area contributed by atoms with E-state index < -0.39 is 0 Å². The molecule has 108 valence electrons. The fourth-order valence-corrected chi connectivity index (χ4v) is 3.13. The smallest absolute Gasteiger partial charge is 0.174 e. The average Bonchev–Trinajstić information content (AvgIpc) is 2.74. The van der Waals surface area contributed by atoms with Crippen LogP contribution in [-0.4, -0.2) is 14.9 Å². The van der Waals surface area contributed by atoms with Gasteiger partial charge in [-0.1, -0.05) is 17.8 Å². The van der Waals surface area contributed by atoms with E-state index >= 15 is 0 Å². The average molecular weight is 311 g/mol. The van der Waals surface area contributed by atoms with Crippen molar-refractivity contribution in [1.82, 2.24) is 14.7 Å². The highest BCUT2D eigenvalue weighted by Crippen LogP contribution is 2.31. The molecule has 1 aromatic heterocycles. The number of hydrogen-bond donors (Lipinski definition) is 1. The lowest BCUT2D eigenvalue weighted by molar-refractivity contribution is 0.423. The van der Waals surface area contributed by atoms with E-state index in [9.17, 15) is 4.39 Å². The second-order valence-electron chi connectivity index (χ2n) is 5.58. The van der Waals surface area contributed by atoms with Gasteiger partial charge in [-0.3, -0.25) is 0 Å². The molecule has 3 nitrogen and oxygen atoms in total. The Morgan fingerprint density at radius 3 is 2.65 bits per heavy atom. The van der Waals surface area contributed by atoms with Crippen LogP contribution in [0.3, 0.4) is 0 Å². The minimum atomic E-state index is -0.212. The van der Waals surface area contributed by atoms with Crippen LogP contribution in [0.15, 0.2) is 27.4 Å². The van der Waals surface area contributed by atoms with E-state index in [0.29, 0.717) is 11.4 Å². The zero-order valence-electron chi connectivity index (χ0n) is 12.0. The van der Waals surface area contributed by atoms with Crippen LogP contribution in [0, 0.1) is 12.7 Å². The third-order valence-electron chi connectivity index (χ3n) is 2.53. The lowest BCUT2D eigenvalue weighted by Gasteiger charge is -2.20. The van der Waals surface area contributed by atoms with Crippen molar-refractivity contribution in [2.45, 2.75) is 49.0 Å². The monoisotopic (exact) mass is 311 g/mol. The number of nitrogens with zero attached hydrogens (tertiary/aromatic N) is 2. The largest absolute Gasteiger partial charge is 0.308 e. The molecule has 1 heterocycles. The van der Waals surface area contributed by atoms with Gasteiger partial charge in [0.1, 0.15) is 11.6 Å². The molecule has 0 spiro atoms. The van der Waals surface area contributed by atoms with Crippen molar-refractivity contribution in [3.05, 3.63) is 35.4 Å². The molecule has 1 N–H and O–H groups in total. The van der Waals surface area contributed by atoms with E-state index in [2.05, 4.69) is 35.4 Å². The van der Waals surface area contributed by atoms with Crippen LogP contribution in [0.2, 0.25) is 0 Å². The van der Waals surface area contributed by atoms with Gasteiger partial charge in [0.25, 0.3) is 0 Å². The van der Waals surface area contributed by atoms with Crippen LogP contribution in [0.25, 0.3) is 0 Å². The molecule has 0 aliphatic heterocycles. The summed E-state index contributed by atoms with van der Waals surface area (Å²) < 4.78 is 18.9. The molecule has 0 unspecified atom stereocenters. The molecular weight excluding hydrogens is 293 g/mol. The molecule has 2 aromatic rings. The van der Waals surface area contributed by atoms with Crippen LogP contribution in [0.4, 0.5) is 4.39 Å². The number of aromatic nitrogens is 2. The van der Waals surface area contributed by atoms with Crippen LogP contribution in [-0.2, 0) is 6.54 Å². The Kier molecular flexibility index (Phi) is 4.78. The number of benzene rings is 1. The van der Waals surface area contributed by atoms with Crippen LogP contribution < -0.4 is 5.32 Å². The molecular formula is C14H18FN3S2. The van der Waals surface area contributed by atoms with Gasteiger partial charge in [-0.2, -0.15) is 4.37 Å². The summed E-state index contributed by atoms with van der Waals surface area (Å²) in [4.78, 5) is 4.81. The van der Waals surface area contributed by atoms with Crippen molar-refractivity contribution in [2.24, 2.45) is 0 Å². The van der Waals surface area contributed by atoms with Gasteiger partial charge in [0, 0.05) is 12.1 Å². The van der Waals surface area contributed by atoms with Crippen LogP contribution in [0.1, 0.15) is 32.2 Å². The Morgan fingerprint density at radius 1 is 1.35 bits per heavy atom. The maximum absolute atomic E-state index is 14.1. The highest BCUT2D eigenvalue weighted by Gasteiger charge is 2.11. The summed E-state index contributed by atoms with van der Waals surface area (Å²) in [6, 6.07) is 5.32. The Balaban J connectivity index is 2.06. The maximum Gasteiger partial charge on any atom is 0.174 e. The highest BCUT2D eigenvalue weighted by atomic mass is 32.2. The van der Waals surface area contributed by atoms with Gasteiger partial charge in [0.05, 0.1) is 4.90 Å². The normalized spacial score (nSPS) is 11.8. The third-order valence-corrected chi connectivity index (χ3v) is 4.42. The first-order chi connectivity index (χ1) is 9.33. The van der Waals surface area contributed by atoms with Gasteiger partial charge in [-0.15, -0.1) is 0 Å². The van der Waals surface area contributed by atoms with E-state index in [0.717, 1.165) is 15.7 Å². The number of nitrogens with one attached hydrogen (secondary N) is 1. The first-order valence-electron chi connectivity index (χ1n) is 6.35. The predicted octanol–water partition coefficient (Wildman–Crippen LogP) is 4.02. The quantitative estimate of drug-likeness (QED) is 0.925. The first kappa shape index (κ1) is 15.4. The molecule has 6 heteroatoms. The molecule has 20 heavy (non-hydrogen) atoms. The summed E-state index contributed by atoms with van der Waals surface area (Å²) in [6.45, 7) is 8.75. The SMILES string of the molecule is Cc1nsc(Sc2ccc(CNC(C)(C)C)cc2F)n1. The van der Waals surface area contributed by atoms with Crippen molar-refractivity contribution < 1.29 is 4.39 Å². The minimum Gasteiger partial charge on any atom is -0.308 e. The van der Waals surface area contributed by atoms with Gasteiger partial charge in [0.15, 0.2) is 4.34 Å². The lowest BCUT2D eigenvalue weighted by atomic mass is 10.1. The van der Waals surface area contributed by atoms with Crippen molar-refractivity contribution in [3.8, 4) is 0 Å². The van der Waals surface area contributed by atoms with Gasteiger partial charge in [0.2, 0.25) is 0 Å². The summed E-state index contributed by atoms with van der Waals surface area (Å²) in [5.74, 6) is 0.514. The lowest BCUT2D eigenvalue weighted by Crippen LogP contribution is -2.35. The first-order valence-corrected chi connectivity index (χ1v) is 7.94. The Hall–Kier alpha value is -0.980. The van der Waals surface area contributed by atoms with Crippen LogP contribution >= 0.6 is 23.3 Å². The zero-order chi connectivity index (χ0) is 14.8. The summed E-state index contributed by atoms with van der Waals surface area (Å²) in [6.07, 6.45) is 0. The number of halogens is 1. The summed E-state index contributed by atoms with van der Waals surface area (Å²) >= 11 is 2.61. The minimum absolute atomic E-state index is 0.0218. The zero-order valence-corrected chi connectivity index (χ0v) is 13.7. The highest BCUT2D eigenvalue weighted by molar-refractivity contribution is 8.01. The Labute approximate surface area is 127 Å². The maximum atomic E-state index is 14.1. The summed E-state index contributed by atoms with van der Waals surface area (Å²) in [5.41, 5.74) is 0.962. The third kappa shape index (κ3) is 4.54. The molecule has 0 saturated carbocycles. The standard InChI is InChI=1S/C14H18FN3S2/c1-9-17-13(20-18-9)19-12-6-5-10(7-11(12)15)8-16-14(2,3)4/h5-7,16H,8H2,1-4H3. The molecule has 0 aliphatic carbocycles. The van der Waals surface area contributed by atoms with Gasteiger partial charge in [-0.25, -0.2) is 9.37 Å². The van der Waals surface area contributed by atoms with E-state index in [4.69, 9.17) is 0 Å². The fourth-order valence-electron chi connectivity index (χ4n) is 1.52. The van der Waals surface area contributed by atoms with Crippen molar-refractivity contribution >= 4 is 23.3 Å². The topological polar surface area (TPSA) is 37.8 Å². The summed E-state index contributed by atoms with van der Waals surface area (Å²) in [5, 5.41) is 3.34. The molecule has 0 amide bonds. The van der Waals surface area contributed by atoms with Crippen molar-refractivity contribution in [2.75, 3.05) is 0 Å². The van der Waals surface area contributed by atoms with Crippen LogP contribution in [0.5, 0.6) is 0 Å². The second kappa shape index (κ2) is 6.20. The number of hydrogen-bond acceptors (Lipinski definition) is 5. The molecule has 0 bridgehead atoms. The number of aryl methyl sites for hydroxylation is 1. The molecule has 0 fully saturated rings. The van der Waals surface area contributed by atoms with Crippen molar-refractivity contribution in [3.63, 3.8) is 0 Å². The van der Waals surface area contributed by atoms with E-state index in [1.165, 1.54) is 23.3 Å². The molecule has 0 aliphatic rings. The molecule has 0 saturated heterocycles. The fraction of sp³-hybridized carbons (Fsp3) is 0.429. The molecule has 0 atom stereocenters. The molecule has 0 radical (unpaired) electrons. The van der Waals surface area contributed by atoms with Gasteiger partial charge >= 0.3 is 0 Å². The second-order valence-corrected chi connectivity index (χ2v) is 7.62. The molecule has 2 rings (SSSR count). The Bertz CT molecular complexity index is 590. The summed E-state index contributed by atoms with van der Waals surface area (Å²) in [7, 11) is 0. The van der Waals surface area contributed by atoms with Gasteiger partial charge in [-0.05, 0) is 56.9 Å². The van der Waals surface area contributed by atoms with E-state index in [-0.39, 0.29) is 11.4 Å². The predicted molar refractivity (Wildman–Crippen MR) is 81.8 cm³/mol. The Morgan fingerprint density at radius 2 is 2.10 bits per heavy atom. The van der Waals surface area contributed by atoms with E-state index in [1.807, 2.05) is 13.0 Å².